The molecule has 2 rings (SSSR count). The van der Waals surface area contributed by atoms with Crippen molar-refractivity contribution < 1.29 is 17.9 Å². The molecule has 2 aromatic carbocycles. The molecule has 0 fully saturated rings. The molecule has 7 heteroatoms. The molecule has 0 aliphatic heterocycles. The average Bonchev–Trinajstić information content (AvgIpc) is 2.68. The van der Waals surface area contributed by atoms with E-state index in [1.807, 2.05) is 24.3 Å². The van der Waals surface area contributed by atoms with E-state index in [-0.39, 0.29) is 10.5 Å². The number of nitrogens with zero attached hydrogens (tertiary/aromatic N) is 1. The number of ether oxygens (including phenoxy) is 1. The van der Waals surface area contributed by atoms with Crippen molar-refractivity contribution in [2.75, 3.05) is 25.5 Å². The van der Waals surface area contributed by atoms with Crippen LogP contribution < -0.4 is 10.1 Å². The highest BCUT2D eigenvalue weighted by Gasteiger charge is 2.24. The van der Waals surface area contributed by atoms with Crippen molar-refractivity contribution in [2.45, 2.75) is 32.1 Å². The fourth-order valence-electron chi connectivity index (χ4n) is 2.76. The third-order valence-corrected chi connectivity index (χ3v) is 6.42. The Hall–Kier alpha value is -2.38. The molecule has 1 N–H and O–H groups in total. The van der Waals surface area contributed by atoms with Crippen LogP contribution in [0.1, 0.15) is 36.7 Å². The van der Waals surface area contributed by atoms with Crippen LogP contribution in [0.2, 0.25) is 0 Å². The number of benzene rings is 2. The van der Waals surface area contributed by atoms with Crippen LogP contribution in [0, 0.1) is 0 Å². The van der Waals surface area contributed by atoms with Gasteiger partial charge in [-0.3, -0.25) is 4.79 Å². The van der Waals surface area contributed by atoms with Crippen molar-refractivity contribution >= 4 is 21.6 Å². The molecule has 0 saturated heterocycles. The zero-order valence-electron chi connectivity index (χ0n) is 16.2. The number of carbonyl (C=O) groups excluding carboxylic acids is 1. The number of aryl methyl sites for hydroxylation is 1. The Bertz CT molecular complexity index is 889. The molecule has 0 aliphatic rings. The predicted octanol–water partition coefficient (Wildman–Crippen LogP) is 3.54. The quantitative estimate of drug-likeness (QED) is 0.748. The first kappa shape index (κ1) is 20.9. The Morgan fingerprint density at radius 3 is 2.19 bits per heavy atom. The van der Waals surface area contributed by atoms with Crippen LogP contribution in [0.4, 0.5) is 5.69 Å². The van der Waals surface area contributed by atoms with E-state index in [1.54, 1.807) is 13.8 Å². The molecule has 146 valence electrons. The zero-order chi connectivity index (χ0) is 20.0. The van der Waals surface area contributed by atoms with E-state index < -0.39 is 15.9 Å². The minimum atomic E-state index is -3.67. The number of hydrogen-bond acceptors (Lipinski definition) is 4. The molecule has 0 heterocycles. The maximum absolute atomic E-state index is 12.8. The van der Waals surface area contributed by atoms with Crippen LogP contribution in [0.3, 0.4) is 0 Å². The monoisotopic (exact) mass is 390 g/mol. The van der Waals surface area contributed by atoms with Crippen LogP contribution in [0.25, 0.3) is 0 Å². The van der Waals surface area contributed by atoms with Crippen molar-refractivity contribution in [1.82, 2.24) is 4.31 Å². The molecule has 0 spiro atoms. The molecular weight excluding hydrogens is 364 g/mol. The predicted molar refractivity (Wildman–Crippen MR) is 107 cm³/mol. The first-order valence-electron chi connectivity index (χ1n) is 8.95. The van der Waals surface area contributed by atoms with Crippen molar-refractivity contribution in [2.24, 2.45) is 0 Å². The van der Waals surface area contributed by atoms with E-state index in [1.165, 1.54) is 29.6 Å². The number of amides is 1. The fraction of sp³-hybridized carbons (Fsp3) is 0.350. The molecule has 0 radical (unpaired) electrons. The van der Waals surface area contributed by atoms with Gasteiger partial charge in [0.15, 0.2) is 0 Å². The SMILES string of the molecule is CCc1ccc(NC(=O)c2cc(S(=O)(=O)N(CC)CC)ccc2OC)cc1. The van der Waals surface area contributed by atoms with Gasteiger partial charge >= 0.3 is 0 Å². The molecule has 0 unspecified atom stereocenters. The molecule has 1 amide bonds. The van der Waals surface area contributed by atoms with Crippen LogP contribution in [0.15, 0.2) is 47.4 Å². The first-order chi connectivity index (χ1) is 12.9. The Morgan fingerprint density at radius 1 is 1.04 bits per heavy atom. The van der Waals surface area contributed by atoms with Gasteiger partial charge in [0.1, 0.15) is 5.75 Å². The third-order valence-electron chi connectivity index (χ3n) is 4.38. The standard InChI is InChI=1S/C20H26N2O4S/c1-5-15-8-10-16(11-9-15)21-20(23)18-14-17(12-13-19(18)26-4)27(24,25)22(6-2)7-3/h8-14H,5-7H2,1-4H3,(H,21,23). The van der Waals surface area contributed by atoms with E-state index >= 15 is 0 Å². The topological polar surface area (TPSA) is 75.7 Å². The summed E-state index contributed by atoms with van der Waals surface area (Å²) in [6.45, 7) is 6.32. The second kappa shape index (κ2) is 9.01. The molecule has 0 aromatic heterocycles. The first-order valence-corrected chi connectivity index (χ1v) is 10.4. The highest BCUT2D eigenvalue weighted by Crippen LogP contribution is 2.25. The summed E-state index contributed by atoms with van der Waals surface area (Å²) in [5.41, 5.74) is 1.97. The van der Waals surface area contributed by atoms with E-state index in [0.717, 1.165) is 12.0 Å². The largest absolute Gasteiger partial charge is 0.496 e. The van der Waals surface area contributed by atoms with Gasteiger partial charge in [0.25, 0.3) is 5.91 Å². The number of rotatable bonds is 8. The molecule has 6 nitrogen and oxygen atoms in total. The third kappa shape index (κ3) is 4.67. The molecule has 0 saturated carbocycles. The Balaban J connectivity index is 2.37. The number of anilines is 1. The molecular formula is C20H26N2O4S. The zero-order valence-corrected chi connectivity index (χ0v) is 17.0. The smallest absolute Gasteiger partial charge is 0.259 e. The Morgan fingerprint density at radius 2 is 1.67 bits per heavy atom. The Kier molecular flexibility index (Phi) is 6.98. The van der Waals surface area contributed by atoms with Crippen LogP contribution in [0.5, 0.6) is 5.75 Å². The fourth-order valence-corrected chi connectivity index (χ4v) is 4.24. The maximum Gasteiger partial charge on any atom is 0.259 e. The summed E-state index contributed by atoms with van der Waals surface area (Å²) >= 11 is 0. The van der Waals surface area contributed by atoms with Gasteiger partial charge in [0.05, 0.1) is 17.6 Å². The van der Waals surface area contributed by atoms with E-state index in [4.69, 9.17) is 4.74 Å². The highest BCUT2D eigenvalue weighted by atomic mass is 32.2. The summed E-state index contributed by atoms with van der Waals surface area (Å²) in [6.07, 6.45) is 0.910. The minimum absolute atomic E-state index is 0.0680. The lowest BCUT2D eigenvalue weighted by atomic mass is 10.1. The second-order valence-corrected chi connectivity index (χ2v) is 7.89. The maximum atomic E-state index is 12.8. The average molecular weight is 391 g/mol. The minimum Gasteiger partial charge on any atom is -0.496 e. The highest BCUT2D eigenvalue weighted by molar-refractivity contribution is 7.89. The lowest BCUT2D eigenvalue weighted by Gasteiger charge is -2.19. The van der Waals surface area contributed by atoms with Gasteiger partial charge in [-0.05, 0) is 42.3 Å². The number of hydrogen-bond donors (Lipinski definition) is 1. The van der Waals surface area contributed by atoms with Crippen molar-refractivity contribution in [3.63, 3.8) is 0 Å². The number of sulfonamides is 1. The molecule has 27 heavy (non-hydrogen) atoms. The van der Waals surface area contributed by atoms with Crippen molar-refractivity contribution in [1.29, 1.82) is 0 Å². The van der Waals surface area contributed by atoms with Gasteiger partial charge in [0.2, 0.25) is 10.0 Å². The van der Waals surface area contributed by atoms with Crippen LogP contribution in [-0.4, -0.2) is 38.8 Å². The number of methoxy groups -OCH3 is 1. The lowest BCUT2D eigenvalue weighted by Crippen LogP contribution is -2.30. The van der Waals surface area contributed by atoms with Crippen molar-refractivity contribution in [3.8, 4) is 5.75 Å². The second-order valence-electron chi connectivity index (χ2n) is 5.96. The summed E-state index contributed by atoms with van der Waals surface area (Å²) in [5.74, 6) is -0.108. The van der Waals surface area contributed by atoms with Gasteiger partial charge in [0, 0.05) is 18.8 Å². The van der Waals surface area contributed by atoms with Crippen LogP contribution in [-0.2, 0) is 16.4 Å². The van der Waals surface area contributed by atoms with Gasteiger partial charge in [-0.25, -0.2) is 8.42 Å². The molecule has 0 aliphatic carbocycles. The van der Waals surface area contributed by atoms with E-state index in [0.29, 0.717) is 24.5 Å². The van der Waals surface area contributed by atoms with E-state index in [2.05, 4.69) is 12.2 Å². The number of nitrogens with one attached hydrogen (secondary N) is 1. The molecule has 0 bridgehead atoms. The van der Waals surface area contributed by atoms with E-state index in [9.17, 15) is 13.2 Å². The lowest BCUT2D eigenvalue weighted by molar-refractivity contribution is 0.102. The summed E-state index contributed by atoms with van der Waals surface area (Å²) < 4.78 is 32.1. The van der Waals surface area contributed by atoms with Gasteiger partial charge < -0.3 is 10.1 Å². The van der Waals surface area contributed by atoms with Crippen molar-refractivity contribution in [3.05, 3.63) is 53.6 Å². The summed E-state index contributed by atoms with van der Waals surface area (Å²) in [4.78, 5) is 12.8. The normalized spacial score (nSPS) is 11.4. The van der Waals surface area contributed by atoms with Gasteiger partial charge in [-0.2, -0.15) is 4.31 Å². The summed E-state index contributed by atoms with van der Waals surface area (Å²) in [6, 6.07) is 11.8. The molecule has 2 aromatic rings. The van der Waals surface area contributed by atoms with Crippen LogP contribution >= 0.6 is 0 Å². The van der Waals surface area contributed by atoms with Gasteiger partial charge in [-0.1, -0.05) is 32.9 Å². The van der Waals surface area contributed by atoms with Gasteiger partial charge in [-0.15, -0.1) is 0 Å². The number of carbonyl (C=O) groups is 1. The summed E-state index contributed by atoms with van der Waals surface area (Å²) in [5, 5.41) is 2.79. The summed E-state index contributed by atoms with van der Waals surface area (Å²) in [7, 11) is -2.22. The molecule has 0 atom stereocenters. The Labute approximate surface area is 161 Å².